The van der Waals surface area contributed by atoms with Gasteiger partial charge in [-0.25, -0.2) is 0 Å². The maximum Gasteiger partial charge on any atom is 0.322 e. The van der Waals surface area contributed by atoms with Crippen molar-refractivity contribution in [1.29, 1.82) is 0 Å². The van der Waals surface area contributed by atoms with Gasteiger partial charge in [0.25, 0.3) is 0 Å². The quantitative estimate of drug-likeness (QED) is 0.815. The molecule has 19 heavy (non-hydrogen) atoms. The summed E-state index contributed by atoms with van der Waals surface area (Å²) in [6, 6.07) is 9.28. The molecule has 1 unspecified atom stereocenters. The molecule has 0 aliphatic rings. The molecule has 1 rings (SSSR count). The van der Waals surface area contributed by atoms with Crippen LogP contribution < -0.4 is 5.32 Å². The Kier molecular flexibility index (Phi) is 6.08. The van der Waals surface area contributed by atoms with Gasteiger partial charge in [0.2, 0.25) is 5.91 Å². The Balaban J connectivity index is 2.68. The van der Waals surface area contributed by atoms with Crippen LogP contribution in [0.5, 0.6) is 0 Å². The van der Waals surface area contributed by atoms with Gasteiger partial charge in [-0.2, -0.15) is 0 Å². The molecule has 0 saturated heterocycles. The maximum absolute atomic E-state index is 11.8. The number of carboxylic acid groups (broad SMARTS) is 1. The molecule has 1 aromatic carbocycles. The highest BCUT2D eigenvalue weighted by molar-refractivity contribution is 8.14. The Morgan fingerprint density at radius 3 is 2.42 bits per heavy atom. The van der Waals surface area contributed by atoms with Crippen LogP contribution in [0.2, 0.25) is 0 Å². The normalized spacial score (nSPS) is 11.6. The molecule has 1 atom stereocenters. The molecule has 1 aromatic rings. The van der Waals surface area contributed by atoms with Crippen molar-refractivity contribution < 1.29 is 19.5 Å². The summed E-state index contributed by atoms with van der Waals surface area (Å²) in [5, 5.41) is 10.0. The highest BCUT2D eigenvalue weighted by atomic mass is 32.2. The molecule has 0 saturated carbocycles. The van der Waals surface area contributed by atoms with Gasteiger partial charge in [-0.1, -0.05) is 42.1 Å². The van der Waals surface area contributed by atoms with Crippen LogP contribution >= 0.6 is 11.8 Å². The van der Waals surface area contributed by atoms with Crippen molar-refractivity contribution in [1.82, 2.24) is 5.32 Å². The smallest absolute Gasteiger partial charge is 0.322 e. The molecular weight excluding hydrogens is 266 g/mol. The van der Waals surface area contributed by atoms with Crippen LogP contribution in [-0.4, -0.2) is 33.9 Å². The fourth-order valence-corrected chi connectivity index (χ4v) is 2.36. The van der Waals surface area contributed by atoms with E-state index in [0.717, 1.165) is 17.3 Å². The molecule has 0 radical (unpaired) electrons. The van der Waals surface area contributed by atoms with E-state index in [-0.39, 0.29) is 5.12 Å². The molecular formula is C13H15NO4S. The summed E-state index contributed by atoms with van der Waals surface area (Å²) in [6.07, 6.45) is 0.385. The van der Waals surface area contributed by atoms with E-state index < -0.39 is 23.7 Å². The summed E-state index contributed by atoms with van der Waals surface area (Å²) >= 11 is 0.910. The second-order valence-corrected chi connectivity index (χ2v) is 5.28. The summed E-state index contributed by atoms with van der Waals surface area (Å²) in [7, 11) is 0. The monoisotopic (exact) mass is 281 g/mol. The Labute approximate surface area is 115 Å². The molecule has 2 N–H and O–H groups in total. The standard InChI is InChI=1S/C13H15NO4S/c1-9(15)19-11(13(18)14-8-12(16)17)7-10-5-3-2-4-6-10/h2-6,11H,7-8H2,1H3,(H,14,18)(H,16,17). The molecule has 6 heteroatoms. The van der Waals surface area contributed by atoms with E-state index in [1.807, 2.05) is 30.3 Å². The van der Waals surface area contributed by atoms with E-state index in [4.69, 9.17) is 5.11 Å². The van der Waals surface area contributed by atoms with E-state index in [1.165, 1.54) is 6.92 Å². The lowest BCUT2D eigenvalue weighted by Gasteiger charge is -2.14. The highest BCUT2D eigenvalue weighted by Crippen LogP contribution is 2.17. The van der Waals surface area contributed by atoms with Gasteiger partial charge >= 0.3 is 5.97 Å². The van der Waals surface area contributed by atoms with E-state index in [2.05, 4.69) is 5.32 Å². The zero-order valence-electron chi connectivity index (χ0n) is 10.5. The van der Waals surface area contributed by atoms with E-state index in [9.17, 15) is 14.4 Å². The minimum Gasteiger partial charge on any atom is -0.480 e. The molecule has 0 heterocycles. The van der Waals surface area contributed by atoms with Gasteiger partial charge in [0.05, 0.1) is 5.25 Å². The maximum atomic E-state index is 11.8. The minimum atomic E-state index is -1.11. The number of thioether (sulfide) groups is 1. The van der Waals surface area contributed by atoms with Gasteiger partial charge in [-0.3, -0.25) is 14.4 Å². The van der Waals surface area contributed by atoms with E-state index in [1.54, 1.807) is 0 Å². The van der Waals surface area contributed by atoms with Crippen molar-refractivity contribution in [2.45, 2.75) is 18.6 Å². The Hall–Kier alpha value is -1.82. The number of carbonyl (C=O) groups is 3. The van der Waals surface area contributed by atoms with Crippen LogP contribution in [0.4, 0.5) is 0 Å². The van der Waals surface area contributed by atoms with Gasteiger partial charge in [-0.05, 0) is 12.0 Å². The number of hydrogen-bond acceptors (Lipinski definition) is 4. The van der Waals surface area contributed by atoms with Gasteiger partial charge in [0.15, 0.2) is 5.12 Å². The Morgan fingerprint density at radius 2 is 1.89 bits per heavy atom. The third-order valence-electron chi connectivity index (χ3n) is 2.28. The average molecular weight is 281 g/mol. The van der Waals surface area contributed by atoms with Crippen molar-refractivity contribution in [2.75, 3.05) is 6.54 Å². The number of amides is 1. The number of carbonyl (C=O) groups excluding carboxylic acids is 2. The van der Waals surface area contributed by atoms with Crippen LogP contribution in [0.15, 0.2) is 30.3 Å². The lowest BCUT2D eigenvalue weighted by molar-refractivity contribution is -0.137. The van der Waals surface area contributed by atoms with Crippen LogP contribution in [-0.2, 0) is 20.8 Å². The predicted octanol–water partition coefficient (Wildman–Crippen LogP) is 1.08. The van der Waals surface area contributed by atoms with Crippen molar-refractivity contribution in [3.05, 3.63) is 35.9 Å². The summed E-state index contributed by atoms with van der Waals surface area (Å²) in [4.78, 5) is 33.4. The SMILES string of the molecule is CC(=O)SC(Cc1ccccc1)C(=O)NCC(=O)O. The number of aliphatic carboxylic acids is 1. The van der Waals surface area contributed by atoms with Gasteiger partial charge < -0.3 is 10.4 Å². The molecule has 0 spiro atoms. The first-order chi connectivity index (χ1) is 8.99. The molecule has 102 valence electrons. The lowest BCUT2D eigenvalue weighted by Crippen LogP contribution is -2.37. The molecule has 0 aromatic heterocycles. The number of benzene rings is 1. The van der Waals surface area contributed by atoms with E-state index in [0.29, 0.717) is 6.42 Å². The molecule has 0 aliphatic heterocycles. The number of hydrogen-bond donors (Lipinski definition) is 2. The molecule has 5 nitrogen and oxygen atoms in total. The van der Waals surface area contributed by atoms with E-state index >= 15 is 0 Å². The average Bonchev–Trinajstić information content (AvgIpc) is 2.36. The first-order valence-electron chi connectivity index (χ1n) is 5.69. The highest BCUT2D eigenvalue weighted by Gasteiger charge is 2.21. The van der Waals surface area contributed by atoms with Crippen LogP contribution in [0.1, 0.15) is 12.5 Å². The van der Waals surface area contributed by atoms with Crippen molar-refractivity contribution in [3.63, 3.8) is 0 Å². The summed E-state index contributed by atoms with van der Waals surface area (Å²) in [5.41, 5.74) is 0.923. The van der Waals surface area contributed by atoms with Gasteiger partial charge in [0, 0.05) is 6.92 Å². The predicted molar refractivity (Wildman–Crippen MR) is 72.9 cm³/mol. The number of nitrogens with one attached hydrogen (secondary N) is 1. The second-order valence-electron chi connectivity index (χ2n) is 3.90. The lowest BCUT2D eigenvalue weighted by atomic mass is 10.1. The van der Waals surface area contributed by atoms with Gasteiger partial charge in [-0.15, -0.1) is 0 Å². The third-order valence-corrected chi connectivity index (χ3v) is 3.28. The fourth-order valence-electron chi connectivity index (χ4n) is 1.49. The molecule has 0 fully saturated rings. The summed E-state index contributed by atoms with van der Waals surface area (Å²) in [6.45, 7) is 0.940. The first kappa shape index (κ1) is 15.2. The Morgan fingerprint density at radius 1 is 1.26 bits per heavy atom. The van der Waals surface area contributed by atoms with Crippen LogP contribution in [0.3, 0.4) is 0 Å². The second kappa shape index (κ2) is 7.58. The van der Waals surface area contributed by atoms with Crippen LogP contribution in [0, 0.1) is 0 Å². The fraction of sp³-hybridized carbons (Fsp3) is 0.308. The van der Waals surface area contributed by atoms with Crippen LogP contribution in [0.25, 0.3) is 0 Å². The zero-order valence-corrected chi connectivity index (χ0v) is 11.3. The molecule has 0 bridgehead atoms. The van der Waals surface area contributed by atoms with Crippen molar-refractivity contribution >= 4 is 28.8 Å². The van der Waals surface area contributed by atoms with Crippen molar-refractivity contribution in [2.24, 2.45) is 0 Å². The number of carboxylic acids is 1. The largest absolute Gasteiger partial charge is 0.480 e. The minimum absolute atomic E-state index is 0.175. The molecule has 1 amide bonds. The van der Waals surface area contributed by atoms with Gasteiger partial charge in [0.1, 0.15) is 6.54 Å². The number of rotatable bonds is 6. The Bertz CT molecular complexity index is 461. The topological polar surface area (TPSA) is 83.5 Å². The summed E-state index contributed by atoms with van der Waals surface area (Å²) in [5.74, 6) is -1.55. The van der Waals surface area contributed by atoms with Crippen molar-refractivity contribution in [3.8, 4) is 0 Å². The zero-order chi connectivity index (χ0) is 14.3. The molecule has 0 aliphatic carbocycles. The third kappa shape index (κ3) is 6.05. The summed E-state index contributed by atoms with van der Waals surface area (Å²) < 4.78 is 0. The first-order valence-corrected chi connectivity index (χ1v) is 6.57.